The predicted octanol–water partition coefficient (Wildman–Crippen LogP) is 1.33. The molecule has 0 fully saturated rings. The second kappa shape index (κ2) is 5.34. The first-order valence-corrected chi connectivity index (χ1v) is 3.39. The second-order valence-electron chi connectivity index (χ2n) is 2.36. The zero-order chi connectivity index (χ0) is 6.69. The Morgan fingerprint density at radius 1 is 1.70 bits per heavy atom. The van der Waals surface area contributed by atoms with E-state index in [4.69, 9.17) is 0 Å². The van der Waals surface area contributed by atoms with Crippen molar-refractivity contribution in [3.05, 3.63) is 25.5 Å². The smallest absolute Gasteiger partial charge is 0 e. The van der Waals surface area contributed by atoms with Gasteiger partial charge in [0.1, 0.15) is 0 Å². The number of hydrogen-bond acceptors (Lipinski definition) is 1. The topological polar surface area (TPSA) is 12.0 Å². The molecule has 1 N–H and O–H groups in total. The van der Waals surface area contributed by atoms with Gasteiger partial charge >= 0.3 is 0 Å². The van der Waals surface area contributed by atoms with Crippen LogP contribution in [-0.2, 0) is 32.7 Å². The molecule has 0 aromatic rings. The first kappa shape index (κ1) is 10.7. The van der Waals surface area contributed by atoms with Crippen molar-refractivity contribution in [1.82, 2.24) is 5.32 Å². The third-order valence-electron chi connectivity index (χ3n) is 1.68. The van der Waals surface area contributed by atoms with Crippen LogP contribution >= 0.6 is 0 Å². The van der Waals surface area contributed by atoms with E-state index in [0.717, 1.165) is 19.4 Å². The number of nitrogens with one attached hydrogen (secondary N) is 1. The summed E-state index contributed by atoms with van der Waals surface area (Å²) in [5.41, 5.74) is 1.20. The molecule has 0 aliphatic carbocycles. The van der Waals surface area contributed by atoms with E-state index < -0.39 is 0 Å². The Balaban J connectivity index is 0.000000810. The van der Waals surface area contributed by atoms with Crippen LogP contribution in [0.2, 0.25) is 0 Å². The van der Waals surface area contributed by atoms with E-state index in [1.54, 1.807) is 0 Å². The fraction of sp³-hybridized carbons (Fsp3) is 0.500. The van der Waals surface area contributed by atoms with Crippen molar-refractivity contribution >= 4 is 0 Å². The molecule has 1 rings (SSSR count). The summed E-state index contributed by atoms with van der Waals surface area (Å²) in [5.74, 6) is 0. The zero-order valence-corrected chi connectivity index (χ0v) is 9.11. The average Bonchev–Trinajstić information content (AvgIpc) is 1.89. The molecule has 1 aliphatic heterocycles. The zero-order valence-electron chi connectivity index (χ0n) is 6.27. The Morgan fingerprint density at radius 3 is 2.80 bits per heavy atom. The number of hydrogen-bond donors (Lipinski definition) is 1. The molecule has 1 aliphatic rings. The maximum atomic E-state index is 3.91. The molecule has 0 amide bonds. The summed E-state index contributed by atoms with van der Waals surface area (Å²) >= 11 is 0. The summed E-state index contributed by atoms with van der Waals surface area (Å²) in [6.07, 6.45) is 4.22. The summed E-state index contributed by atoms with van der Waals surface area (Å²) in [5, 5.41) is 3.33. The minimum absolute atomic E-state index is 0. The standard InChI is InChI=1S/C8H13N.Y/c1-3-8-7(2)5-4-6-9-8;/h5,8-9H,1-4,6H2;/q-2;. The summed E-state index contributed by atoms with van der Waals surface area (Å²) in [6, 6.07) is 0.443. The predicted molar refractivity (Wildman–Crippen MR) is 39.8 cm³/mol. The van der Waals surface area contributed by atoms with Crippen molar-refractivity contribution < 1.29 is 32.7 Å². The van der Waals surface area contributed by atoms with Gasteiger partial charge in [0.25, 0.3) is 0 Å². The maximum Gasteiger partial charge on any atom is 0 e. The molecule has 1 atom stereocenters. The van der Waals surface area contributed by atoms with Crippen LogP contribution in [0, 0.1) is 13.8 Å². The van der Waals surface area contributed by atoms with Crippen molar-refractivity contribution in [2.75, 3.05) is 6.54 Å². The fourth-order valence-electron chi connectivity index (χ4n) is 1.08. The molecule has 0 saturated carbocycles. The van der Waals surface area contributed by atoms with Gasteiger partial charge in [-0.25, -0.2) is 18.6 Å². The molecule has 0 aromatic carbocycles. The molecule has 0 spiro atoms. The maximum absolute atomic E-state index is 3.91. The van der Waals surface area contributed by atoms with Gasteiger partial charge in [0.05, 0.1) is 0 Å². The van der Waals surface area contributed by atoms with Crippen molar-refractivity contribution in [2.24, 2.45) is 0 Å². The summed E-state index contributed by atoms with van der Waals surface area (Å²) in [6.45, 7) is 8.81. The van der Waals surface area contributed by atoms with Crippen LogP contribution in [0.4, 0.5) is 0 Å². The van der Waals surface area contributed by atoms with Gasteiger partial charge in [0.15, 0.2) is 0 Å². The van der Waals surface area contributed by atoms with Crippen LogP contribution < -0.4 is 5.32 Å². The molecule has 2 heteroatoms. The second-order valence-corrected chi connectivity index (χ2v) is 2.36. The van der Waals surface area contributed by atoms with Gasteiger partial charge in [-0.05, 0) is 12.6 Å². The van der Waals surface area contributed by atoms with Gasteiger partial charge < -0.3 is 12.2 Å². The molecule has 0 saturated heterocycles. The molecule has 1 unspecified atom stereocenters. The van der Waals surface area contributed by atoms with Crippen molar-refractivity contribution in [3.63, 3.8) is 0 Å². The van der Waals surface area contributed by atoms with Crippen molar-refractivity contribution in [2.45, 2.75) is 18.9 Å². The van der Waals surface area contributed by atoms with Crippen molar-refractivity contribution in [1.29, 1.82) is 0 Å². The minimum Gasteiger partial charge on any atom is -0.342 e. The number of rotatable bonds is 1. The van der Waals surface area contributed by atoms with E-state index in [2.05, 4.69) is 25.2 Å². The van der Waals surface area contributed by atoms with Gasteiger partial charge in [0.2, 0.25) is 0 Å². The van der Waals surface area contributed by atoms with Crippen LogP contribution in [0.15, 0.2) is 11.6 Å². The average molecular weight is 212 g/mol. The van der Waals surface area contributed by atoms with Gasteiger partial charge in [-0.1, -0.05) is 6.42 Å². The molecule has 1 heterocycles. The van der Waals surface area contributed by atoms with E-state index >= 15 is 0 Å². The SMILES string of the molecule is [CH2-]CC1NCCC=C1[CH2-].[Y]. The van der Waals surface area contributed by atoms with E-state index in [1.807, 2.05) is 0 Å². The Kier molecular flexibility index (Phi) is 5.70. The monoisotopic (exact) mass is 212 g/mol. The molecular weight excluding hydrogens is 199 g/mol. The van der Waals surface area contributed by atoms with E-state index in [1.165, 1.54) is 5.57 Å². The van der Waals surface area contributed by atoms with Crippen LogP contribution in [0.25, 0.3) is 0 Å². The fourth-order valence-corrected chi connectivity index (χ4v) is 1.08. The summed E-state index contributed by atoms with van der Waals surface area (Å²) in [4.78, 5) is 0. The summed E-state index contributed by atoms with van der Waals surface area (Å²) < 4.78 is 0. The van der Waals surface area contributed by atoms with E-state index in [-0.39, 0.29) is 32.7 Å². The minimum atomic E-state index is 0. The van der Waals surface area contributed by atoms with E-state index in [0.29, 0.717) is 6.04 Å². The van der Waals surface area contributed by atoms with Crippen LogP contribution in [0.3, 0.4) is 0 Å². The molecule has 10 heavy (non-hydrogen) atoms. The Bertz CT molecular complexity index is 120. The first-order valence-electron chi connectivity index (χ1n) is 3.39. The molecule has 1 radical (unpaired) electrons. The van der Waals surface area contributed by atoms with E-state index in [9.17, 15) is 0 Å². The quantitative estimate of drug-likeness (QED) is 0.646. The van der Waals surface area contributed by atoms with Crippen LogP contribution in [0.5, 0.6) is 0 Å². The Hall–Kier alpha value is 0.674. The van der Waals surface area contributed by atoms with Gasteiger partial charge in [-0.2, -0.15) is 6.42 Å². The molecule has 1 nitrogen and oxygen atoms in total. The Morgan fingerprint density at radius 2 is 2.40 bits per heavy atom. The first-order chi connectivity index (χ1) is 4.34. The van der Waals surface area contributed by atoms with Gasteiger partial charge in [-0.3, -0.25) is 0 Å². The molecule has 0 aromatic heterocycles. The van der Waals surface area contributed by atoms with Crippen molar-refractivity contribution in [3.8, 4) is 0 Å². The van der Waals surface area contributed by atoms with Crippen LogP contribution in [0.1, 0.15) is 12.8 Å². The Labute approximate surface area is 88.5 Å². The normalized spacial score (nSPS) is 24.9. The largest absolute Gasteiger partial charge is 0.342 e. The summed E-state index contributed by atoms with van der Waals surface area (Å²) in [7, 11) is 0. The molecule has 55 valence electrons. The third-order valence-corrected chi connectivity index (χ3v) is 1.68. The van der Waals surface area contributed by atoms with Crippen LogP contribution in [-0.4, -0.2) is 12.6 Å². The van der Waals surface area contributed by atoms with Gasteiger partial charge in [-0.15, -0.1) is 0 Å². The molecule has 0 bridgehead atoms. The third kappa shape index (κ3) is 2.73. The molecular formula is C8H13NY-2. The van der Waals surface area contributed by atoms with Gasteiger partial charge in [0, 0.05) is 32.7 Å².